The lowest BCUT2D eigenvalue weighted by atomic mass is 10.2. The van der Waals surface area contributed by atoms with E-state index in [2.05, 4.69) is 27.9 Å². The molecule has 1 amide bonds. The summed E-state index contributed by atoms with van der Waals surface area (Å²) in [6, 6.07) is 18.3. The van der Waals surface area contributed by atoms with Crippen molar-refractivity contribution in [3.63, 3.8) is 0 Å². The Balaban J connectivity index is 2.00. The Morgan fingerprint density at radius 3 is 2.32 bits per heavy atom. The van der Waals surface area contributed by atoms with E-state index in [9.17, 15) is 13.2 Å². The number of ether oxygens (including phenoxy) is 1. The highest BCUT2D eigenvalue weighted by atomic mass is 127. The van der Waals surface area contributed by atoms with E-state index in [1.807, 2.05) is 12.1 Å². The van der Waals surface area contributed by atoms with Crippen LogP contribution in [0, 0.1) is 10.5 Å². The second-order valence-electron chi connectivity index (χ2n) is 6.70. The molecule has 1 N–H and O–H groups in total. The zero-order valence-electron chi connectivity index (χ0n) is 16.8. The first-order valence-electron chi connectivity index (χ1n) is 9.19. The maximum Gasteiger partial charge on any atom is 0.268 e. The van der Waals surface area contributed by atoms with Crippen LogP contribution in [0.25, 0.3) is 0 Å². The van der Waals surface area contributed by atoms with Crippen LogP contribution in [0.4, 0.5) is 11.4 Å². The fourth-order valence-corrected chi connectivity index (χ4v) is 5.04. The number of hydrogen-bond donors (Lipinski definition) is 1. The number of carbonyl (C=O) groups excluding carboxylic acids is 1. The number of amides is 1. The number of anilines is 2. The van der Waals surface area contributed by atoms with Gasteiger partial charge in [-0.25, -0.2) is 8.42 Å². The van der Waals surface area contributed by atoms with E-state index in [1.165, 1.54) is 13.2 Å². The Hall–Kier alpha value is -2.30. The molecule has 3 rings (SSSR count). The molecule has 31 heavy (non-hydrogen) atoms. The van der Waals surface area contributed by atoms with E-state index in [4.69, 9.17) is 16.3 Å². The number of sulfonamides is 1. The normalized spacial score (nSPS) is 11.1. The lowest BCUT2D eigenvalue weighted by Crippen LogP contribution is -2.38. The van der Waals surface area contributed by atoms with Gasteiger partial charge in [0.25, 0.3) is 10.0 Å². The largest absolute Gasteiger partial charge is 0.495 e. The Bertz CT molecular complexity index is 1180. The number of hydrogen-bond acceptors (Lipinski definition) is 4. The number of nitrogens with zero attached hydrogens (tertiary/aromatic N) is 1. The summed E-state index contributed by atoms with van der Waals surface area (Å²) in [5, 5.41) is 3.19. The molecule has 0 aliphatic carbocycles. The predicted molar refractivity (Wildman–Crippen MR) is 132 cm³/mol. The van der Waals surface area contributed by atoms with Crippen molar-refractivity contribution in [3.05, 3.63) is 80.9 Å². The molecule has 0 aliphatic rings. The van der Waals surface area contributed by atoms with Crippen LogP contribution in [0.1, 0.15) is 5.56 Å². The Morgan fingerprint density at radius 1 is 1.06 bits per heavy atom. The predicted octanol–water partition coefficient (Wildman–Crippen LogP) is 5.10. The molecule has 0 unspecified atom stereocenters. The van der Waals surface area contributed by atoms with Crippen molar-refractivity contribution in [2.45, 2.75) is 11.8 Å². The fourth-order valence-electron chi connectivity index (χ4n) is 2.89. The average Bonchev–Trinajstić information content (AvgIpc) is 2.74. The van der Waals surface area contributed by atoms with Crippen LogP contribution < -0.4 is 14.4 Å². The minimum absolute atomic E-state index is 0.0213. The number of aryl methyl sites for hydroxylation is 1. The Kier molecular flexibility index (Phi) is 7.45. The monoisotopic (exact) mass is 570 g/mol. The van der Waals surface area contributed by atoms with Gasteiger partial charge in [0.05, 0.1) is 12.8 Å². The van der Waals surface area contributed by atoms with Crippen LogP contribution in [0.5, 0.6) is 5.75 Å². The second kappa shape index (κ2) is 9.88. The molecule has 0 bridgehead atoms. The molecule has 0 fully saturated rings. The highest BCUT2D eigenvalue weighted by Gasteiger charge is 2.30. The first-order valence-corrected chi connectivity index (χ1v) is 12.1. The topological polar surface area (TPSA) is 75.7 Å². The molecule has 3 aromatic carbocycles. The highest BCUT2D eigenvalue weighted by Crippen LogP contribution is 2.31. The molecule has 3 aromatic rings. The van der Waals surface area contributed by atoms with E-state index < -0.39 is 22.5 Å². The van der Waals surface area contributed by atoms with Gasteiger partial charge in [-0.15, -0.1) is 0 Å². The summed E-state index contributed by atoms with van der Waals surface area (Å²) in [6.07, 6.45) is 0. The van der Waals surface area contributed by atoms with Crippen molar-refractivity contribution in [3.8, 4) is 5.75 Å². The molecule has 9 heteroatoms. The number of rotatable bonds is 7. The quantitative estimate of drug-likeness (QED) is 0.401. The van der Waals surface area contributed by atoms with Gasteiger partial charge in [-0.2, -0.15) is 0 Å². The summed E-state index contributed by atoms with van der Waals surface area (Å²) in [7, 11) is -2.72. The van der Waals surface area contributed by atoms with Gasteiger partial charge in [-0.05, 0) is 95.7 Å². The van der Waals surface area contributed by atoms with E-state index in [1.54, 1.807) is 55.5 Å². The Labute approximate surface area is 200 Å². The van der Waals surface area contributed by atoms with E-state index in [0.29, 0.717) is 16.4 Å². The van der Waals surface area contributed by atoms with Gasteiger partial charge in [0, 0.05) is 14.3 Å². The lowest BCUT2D eigenvalue weighted by Gasteiger charge is -2.25. The van der Waals surface area contributed by atoms with Crippen molar-refractivity contribution in [2.75, 3.05) is 23.3 Å². The lowest BCUT2D eigenvalue weighted by molar-refractivity contribution is -0.114. The van der Waals surface area contributed by atoms with Crippen molar-refractivity contribution in [1.29, 1.82) is 0 Å². The molecule has 0 saturated heterocycles. The van der Waals surface area contributed by atoms with Crippen LogP contribution in [-0.2, 0) is 14.8 Å². The zero-order chi connectivity index (χ0) is 22.6. The fraction of sp³-hybridized carbons (Fsp3) is 0.136. The van der Waals surface area contributed by atoms with Crippen LogP contribution in [0.2, 0.25) is 5.02 Å². The number of benzene rings is 3. The van der Waals surface area contributed by atoms with Gasteiger partial charge in [0.2, 0.25) is 5.91 Å². The summed E-state index contributed by atoms with van der Waals surface area (Å²) >= 11 is 8.14. The maximum absolute atomic E-state index is 13.6. The summed E-state index contributed by atoms with van der Waals surface area (Å²) in [6.45, 7) is 1.36. The van der Waals surface area contributed by atoms with E-state index in [-0.39, 0.29) is 10.6 Å². The molecule has 0 saturated carbocycles. The minimum Gasteiger partial charge on any atom is -0.495 e. The van der Waals surface area contributed by atoms with Crippen molar-refractivity contribution >= 4 is 61.5 Å². The van der Waals surface area contributed by atoms with Crippen LogP contribution in [0.3, 0.4) is 0 Å². The maximum atomic E-state index is 13.6. The number of methoxy groups -OCH3 is 1. The van der Waals surface area contributed by atoms with Gasteiger partial charge in [-0.1, -0.05) is 17.7 Å². The van der Waals surface area contributed by atoms with Gasteiger partial charge in [0.1, 0.15) is 17.2 Å². The van der Waals surface area contributed by atoms with E-state index in [0.717, 1.165) is 13.4 Å². The summed E-state index contributed by atoms with van der Waals surface area (Å²) in [4.78, 5) is 12.7. The third kappa shape index (κ3) is 5.69. The first-order chi connectivity index (χ1) is 14.7. The smallest absolute Gasteiger partial charge is 0.268 e. The molecular formula is C22H20ClIN2O4S. The number of carbonyl (C=O) groups is 1. The Morgan fingerprint density at radius 2 is 1.71 bits per heavy atom. The molecule has 6 nitrogen and oxygen atoms in total. The van der Waals surface area contributed by atoms with Crippen molar-refractivity contribution in [1.82, 2.24) is 0 Å². The third-order valence-electron chi connectivity index (χ3n) is 4.42. The van der Waals surface area contributed by atoms with Gasteiger partial charge < -0.3 is 10.1 Å². The molecular weight excluding hydrogens is 551 g/mol. The van der Waals surface area contributed by atoms with E-state index >= 15 is 0 Å². The highest BCUT2D eigenvalue weighted by molar-refractivity contribution is 14.1. The van der Waals surface area contributed by atoms with Crippen LogP contribution in [-0.4, -0.2) is 28.0 Å². The molecule has 0 aliphatic heterocycles. The molecule has 0 radical (unpaired) electrons. The summed E-state index contributed by atoms with van der Waals surface area (Å²) in [5.41, 5.74) is 1.64. The average molecular weight is 571 g/mol. The van der Waals surface area contributed by atoms with Crippen LogP contribution >= 0.6 is 34.2 Å². The zero-order valence-corrected chi connectivity index (χ0v) is 20.5. The van der Waals surface area contributed by atoms with Gasteiger partial charge >= 0.3 is 0 Å². The summed E-state index contributed by atoms with van der Waals surface area (Å²) in [5.74, 6) is -0.283. The second-order valence-corrected chi connectivity index (χ2v) is 10.2. The van der Waals surface area contributed by atoms with Crippen molar-refractivity contribution < 1.29 is 17.9 Å². The van der Waals surface area contributed by atoms with Crippen molar-refractivity contribution in [2.24, 2.45) is 0 Å². The van der Waals surface area contributed by atoms with Gasteiger partial charge in [0.15, 0.2) is 0 Å². The molecule has 0 aromatic heterocycles. The molecule has 0 heterocycles. The number of halogens is 2. The SMILES string of the molecule is COc1ccc(C)cc1S(=O)(=O)N(CC(=O)Nc1ccc(I)cc1)c1ccc(Cl)cc1. The third-order valence-corrected chi connectivity index (χ3v) is 7.18. The standard InChI is InChI=1S/C22H20ClIN2O4S/c1-15-3-12-20(30-2)21(13-15)31(28,29)26(19-10-4-16(23)5-11-19)14-22(27)25-18-8-6-17(24)7-9-18/h3-13H,14H2,1-2H3,(H,25,27). The molecule has 162 valence electrons. The minimum atomic E-state index is -4.12. The van der Waals surface area contributed by atoms with Gasteiger partial charge in [-0.3, -0.25) is 9.10 Å². The van der Waals surface area contributed by atoms with Crippen LogP contribution in [0.15, 0.2) is 71.6 Å². The number of nitrogens with one attached hydrogen (secondary N) is 1. The first kappa shape index (κ1) is 23.4. The molecule has 0 spiro atoms. The summed E-state index contributed by atoms with van der Waals surface area (Å²) < 4.78 is 34.6. The molecule has 0 atom stereocenters.